The van der Waals surface area contributed by atoms with Crippen molar-refractivity contribution in [1.29, 1.82) is 5.26 Å². The average molecular weight is 395 g/mol. The highest BCUT2D eigenvalue weighted by molar-refractivity contribution is 7.92. The molecule has 3 rings (SSSR count). The Kier molecular flexibility index (Phi) is 5.15. The Labute approximate surface area is 162 Å². The lowest BCUT2D eigenvalue weighted by molar-refractivity contribution is -0.114. The number of aromatic nitrogens is 2. The van der Waals surface area contributed by atoms with Crippen LogP contribution in [0, 0.1) is 18.3 Å². The minimum atomic E-state index is -3.82. The third-order valence-electron chi connectivity index (χ3n) is 3.77. The van der Waals surface area contributed by atoms with Crippen LogP contribution in [0.5, 0.6) is 0 Å². The van der Waals surface area contributed by atoms with Crippen molar-refractivity contribution >= 4 is 27.4 Å². The molecule has 1 amide bonds. The van der Waals surface area contributed by atoms with Gasteiger partial charge in [0.2, 0.25) is 5.91 Å². The van der Waals surface area contributed by atoms with Crippen LogP contribution >= 0.6 is 0 Å². The van der Waals surface area contributed by atoms with Crippen molar-refractivity contribution in [2.24, 2.45) is 0 Å². The molecule has 0 atom stereocenters. The number of carbonyl (C=O) groups is 1. The molecule has 0 aliphatic rings. The molecule has 3 aromatic rings. The Hall–Kier alpha value is -3.64. The van der Waals surface area contributed by atoms with Crippen LogP contribution in [0.1, 0.15) is 18.2 Å². The van der Waals surface area contributed by atoms with Gasteiger partial charge >= 0.3 is 0 Å². The Morgan fingerprint density at radius 2 is 1.86 bits per heavy atom. The Morgan fingerprint density at radius 3 is 2.50 bits per heavy atom. The summed E-state index contributed by atoms with van der Waals surface area (Å²) in [6.07, 6.45) is 0. The SMILES string of the molecule is CC(=O)Nc1cc(C)nn1-c1ccc(NS(=O)(=O)c2cccc(C#N)c2)cc1. The molecule has 0 fully saturated rings. The summed E-state index contributed by atoms with van der Waals surface area (Å²) in [6, 6.07) is 16.0. The molecular formula is C19H17N5O3S. The van der Waals surface area contributed by atoms with E-state index in [4.69, 9.17) is 5.26 Å². The minimum Gasteiger partial charge on any atom is -0.311 e. The zero-order valence-electron chi connectivity index (χ0n) is 15.2. The van der Waals surface area contributed by atoms with Crippen LogP contribution in [-0.2, 0) is 14.8 Å². The molecule has 0 unspecified atom stereocenters. The molecule has 1 aromatic heterocycles. The largest absolute Gasteiger partial charge is 0.311 e. The van der Waals surface area contributed by atoms with Crippen molar-refractivity contribution in [2.45, 2.75) is 18.7 Å². The van der Waals surface area contributed by atoms with Crippen LogP contribution in [0.3, 0.4) is 0 Å². The molecule has 0 radical (unpaired) electrons. The van der Waals surface area contributed by atoms with Crippen molar-refractivity contribution in [3.8, 4) is 11.8 Å². The standard InChI is InChI=1S/C19H17N5O3S/c1-13-10-19(21-14(2)25)24(22-13)17-8-6-16(7-9-17)23-28(26,27)18-5-3-4-15(11-18)12-20/h3-11,23H,1-2H3,(H,21,25). The maximum Gasteiger partial charge on any atom is 0.261 e. The first-order chi connectivity index (χ1) is 13.3. The molecule has 0 bridgehead atoms. The van der Waals surface area contributed by atoms with Crippen LogP contribution in [-0.4, -0.2) is 24.1 Å². The Morgan fingerprint density at radius 1 is 1.14 bits per heavy atom. The summed E-state index contributed by atoms with van der Waals surface area (Å²) in [6.45, 7) is 3.21. The van der Waals surface area contributed by atoms with Crippen LogP contribution < -0.4 is 10.0 Å². The number of hydrogen-bond donors (Lipinski definition) is 2. The van der Waals surface area contributed by atoms with E-state index in [9.17, 15) is 13.2 Å². The number of hydrogen-bond acceptors (Lipinski definition) is 5. The van der Waals surface area contributed by atoms with Crippen LogP contribution in [0.4, 0.5) is 11.5 Å². The number of carbonyl (C=O) groups excluding carboxylic acids is 1. The summed E-state index contributed by atoms with van der Waals surface area (Å²) in [5.41, 5.74) is 2.01. The van der Waals surface area contributed by atoms with Gasteiger partial charge in [0.15, 0.2) is 0 Å². The van der Waals surface area contributed by atoms with Crippen molar-refractivity contribution in [2.75, 3.05) is 10.0 Å². The highest BCUT2D eigenvalue weighted by Crippen LogP contribution is 2.21. The van der Waals surface area contributed by atoms with E-state index in [2.05, 4.69) is 15.1 Å². The lowest BCUT2D eigenvalue weighted by Gasteiger charge is -2.11. The van der Waals surface area contributed by atoms with E-state index in [0.29, 0.717) is 17.2 Å². The van der Waals surface area contributed by atoms with E-state index in [1.165, 1.54) is 31.2 Å². The van der Waals surface area contributed by atoms with Gasteiger partial charge in [-0.15, -0.1) is 0 Å². The smallest absolute Gasteiger partial charge is 0.261 e. The summed E-state index contributed by atoms with van der Waals surface area (Å²) < 4.78 is 29.1. The number of nitrogens with zero attached hydrogens (tertiary/aromatic N) is 3. The Bertz CT molecular complexity index is 1180. The van der Waals surface area contributed by atoms with E-state index in [1.807, 2.05) is 6.07 Å². The van der Waals surface area contributed by atoms with Gasteiger partial charge in [0, 0.05) is 18.7 Å². The number of benzene rings is 2. The number of anilines is 2. The molecule has 28 heavy (non-hydrogen) atoms. The molecule has 8 nitrogen and oxygen atoms in total. The quantitative estimate of drug-likeness (QED) is 0.689. The predicted molar refractivity (Wildman–Crippen MR) is 105 cm³/mol. The molecule has 142 valence electrons. The lowest BCUT2D eigenvalue weighted by Crippen LogP contribution is -2.13. The maximum atomic E-state index is 12.5. The third-order valence-corrected chi connectivity index (χ3v) is 5.15. The van der Waals surface area contributed by atoms with Gasteiger partial charge < -0.3 is 5.32 Å². The van der Waals surface area contributed by atoms with E-state index in [1.54, 1.807) is 41.9 Å². The average Bonchev–Trinajstić information content (AvgIpc) is 3.01. The van der Waals surface area contributed by atoms with Gasteiger partial charge in [-0.3, -0.25) is 9.52 Å². The summed E-state index contributed by atoms with van der Waals surface area (Å²) in [7, 11) is -3.82. The monoisotopic (exact) mass is 395 g/mol. The molecule has 9 heteroatoms. The van der Waals surface area contributed by atoms with Gasteiger partial charge in [0.25, 0.3) is 10.0 Å². The van der Waals surface area contributed by atoms with Gasteiger partial charge in [-0.1, -0.05) is 6.07 Å². The van der Waals surface area contributed by atoms with E-state index in [-0.39, 0.29) is 16.4 Å². The van der Waals surface area contributed by atoms with Crippen LogP contribution in [0.2, 0.25) is 0 Å². The maximum absolute atomic E-state index is 12.5. The molecule has 1 heterocycles. The van der Waals surface area contributed by atoms with E-state index >= 15 is 0 Å². The molecule has 0 aliphatic carbocycles. The molecule has 0 saturated heterocycles. The fourth-order valence-electron chi connectivity index (χ4n) is 2.58. The molecule has 2 aromatic carbocycles. The van der Waals surface area contributed by atoms with Crippen molar-refractivity contribution < 1.29 is 13.2 Å². The highest BCUT2D eigenvalue weighted by atomic mass is 32.2. The fraction of sp³-hybridized carbons (Fsp3) is 0.105. The van der Waals surface area contributed by atoms with Gasteiger partial charge in [-0.25, -0.2) is 13.1 Å². The Balaban J connectivity index is 1.85. The van der Waals surface area contributed by atoms with Crippen LogP contribution in [0.25, 0.3) is 5.69 Å². The summed E-state index contributed by atoms with van der Waals surface area (Å²) in [5.74, 6) is 0.303. The number of nitrogens with one attached hydrogen (secondary N) is 2. The number of sulfonamides is 1. The first-order valence-electron chi connectivity index (χ1n) is 8.26. The second kappa shape index (κ2) is 7.54. The van der Waals surface area contributed by atoms with Crippen molar-refractivity contribution in [3.63, 3.8) is 0 Å². The predicted octanol–water partition coefficient (Wildman–Crippen LogP) is 2.81. The zero-order chi connectivity index (χ0) is 20.3. The topological polar surface area (TPSA) is 117 Å². The first kappa shape index (κ1) is 19.1. The third kappa shape index (κ3) is 4.19. The normalized spacial score (nSPS) is 10.9. The van der Waals surface area contributed by atoms with Gasteiger partial charge in [-0.2, -0.15) is 10.4 Å². The van der Waals surface area contributed by atoms with Gasteiger partial charge in [-0.05, 0) is 49.4 Å². The second-order valence-electron chi connectivity index (χ2n) is 6.06. The van der Waals surface area contributed by atoms with E-state index < -0.39 is 10.0 Å². The molecule has 0 saturated carbocycles. The molecule has 0 aliphatic heterocycles. The van der Waals surface area contributed by atoms with Crippen molar-refractivity contribution in [3.05, 3.63) is 65.9 Å². The molecular weight excluding hydrogens is 378 g/mol. The minimum absolute atomic E-state index is 0.00581. The summed E-state index contributed by atoms with van der Waals surface area (Å²) >= 11 is 0. The van der Waals surface area contributed by atoms with E-state index in [0.717, 1.165) is 5.69 Å². The highest BCUT2D eigenvalue weighted by Gasteiger charge is 2.15. The zero-order valence-corrected chi connectivity index (χ0v) is 16.0. The van der Waals surface area contributed by atoms with Gasteiger partial charge in [0.05, 0.1) is 27.9 Å². The van der Waals surface area contributed by atoms with Gasteiger partial charge in [0.1, 0.15) is 5.82 Å². The van der Waals surface area contributed by atoms with Crippen molar-refractivity contribution in [1.82, 2.24) is 9.78 Å². The number of amides is 1. The summed E-state index contributed by atoms with van der Waals surface area (Å²) in [4.78, 5) is 11.4. The lowest BCUT2D eigenvalue weighted by atomic mass is 10.2. The molecule has 2 N–H and O–H groups in total. The second-order valence-corrected chi connectivity index (χ2v) is 7.74. The number of aryl methyl sites for hydroxylation is 1. The summed E-state index contributed by atoms with van der Waals surface area (Å²) in [5, 5.41) is 16.0. The molecule has 0 spiro atoms. The van der Waals surface area contributed by atoms with Crippen LogP contribution in [0.15, 0.2) is 59.5 Å². The fourth-order valence-corrected chi connectivity index (χ4v) is 3.69. The first-order valence-corrected chi connectivity index (χ1v) is 9.74. The number of rotatable bonds is 5. The number of nitriles is 1.